The van der Waals surface area contributed by atoms with E-state index in [1.165, 1.54) is 12.2 Å². The molecule has 3 rings (SSSR count). The number of aryl methyl sites for hydroxylation is 2. The number of hydrogen-bond donors (Lipinski definition) is 0. The van der Waals surface area contributed by atoms with Crippen LogP contribution in [0, 0.1) is 13.8 Å². The van der Waals surface area contributed by atoms with Gasteiger partial charge in [0.1, 0.15) is 11.4 Å². The van der Waals surface area contributed by atoms with Crippen molar-refractivity contribution in [2.24, 2.45) is 9.98 Å². The number of carbonyl (C=O) groups excluding carboxylic acids is 2. The summed E-state index contributed by atoms with van der Waals surface area (Å²) in [7, 11) is 0. The third-order valence-electron chi connectivity index (χ3n) is 3.22. The maximum Gasteiger partial charge on any atom is 0.206 e. The molecule has 1 aliphatic carbocycles. The summed E-state index contributed by atoms with van der Waals surface area (Å²) in [5.41, 5.74) is 0.272. The Balaban J connectivity index is 1.74. The summed E-state index contributed by atoms with van der Waals surface area (Å²) in [5.74, 6) is -0.623. The van der Waals surface area contributed by atoms with E-state index in [-0.39, 0.29) is 23.0 Å². The van der Waals surface area contributed by atoms with E-state index in [9.17, 15) is 9.59 Å². The van der Waals surface area contributed by atoms with Crippen LogP contribution >= 0.6 is 22.7 Å². The molecule has 0 N–H and O–H groups in total. The highest BCUT2D eigenvalue weighted by atomic mass is 32.1. The van der Waals surface area contributed by atoms with Crippen molar-refractivity contribution >= 4 is 46.7 Å². The van der Waals surface area contributed by atoms with Crippen LogP contribution in [0.2, 0.25) is 0 Å². The van der Waals surface area contributed by atoms with E-state index in [1.54, 1.807) is 35.1 Å². The van der Waals surface area contributed by atoms with Gasteiger partial charge in [-0.15, -0.1) is 22.7 Å². The van der Waals surface area contributed by atoms with Crippen molar-refractivity contribution < 1.29 is 9.59 Å². The predicted molar refractivity (Wildman–Crippen MR) is 99.5 cm³/mol. The van der Waals surface area contributed by atoms with E-state index in [0.29, 0.717) is 0 Å². The molecular formula is C18H14N2O2S2. The van der Waals surface area contributed by atoms with E-state index >= 15 is 0 Å². The average Bonchev–Trinajstić information content (AvgIpc) is 3.14. The molecule has 0 aliphatic heterocycles. The zero-order valence-electron chi connectivity index (χ0n) is 13.1. The molecule has 120 valence electrons. The monoisotopic (exact) mass is 354 g/mol. The molecule has 0 aromatic carbocycles. The van der Waals surface area contributed by atoms with E-state index in [4.69, 9.17) is 0 Å². The van der Waals surface area contributed by atoms with Crippen molar-refractivity contribution in [3.05, 3.63) is 67.3 Å². The van der Waals surface area contributed by atoms with Crippen LogP contribution in [-0.2, 0) is 9.59 Å². The number of nitrogens with zero attached hydrogens (tertiary/aromatic N) is 2. The summed E-state index contributed by atoms with van der Waals surface area (Å²) in [6.45, 7) is 4.00. The molecule has 0 bridgehead atoms. The van der Waals surface area contributed by atoms with Gasteiger partial charge in [-0.1, -0.05) is 0 Å². The molecule has 0 unspecified atom stereocenters. The fourth-order valence-corrected chi connectivity index (χ4v) is 3.55. The van der Waals surface area contributed by atoms with Gasteiger partial charge < -0.3 is 0 Å². The second kappa shape index (κ2) is 6.98. The Morgan fingerprint density at radius 3 is 1.50 bits per heavy atom. The Morgan fingerprint density at radius 1 is 0.750 bits per heavy atom. The highest BCUT2D eigenvalue weighted by Crippen LogP contribution is 2.18. The first-order valence-corrected chi connectivity index (χ1v) is 8.87. The molecule has 0 atom stereocenters. The van der Waals surface area contributed by atoms with Crippen LogP contribution in [0.5, 0.6) is 0 Å². The largest absolute Gasteiger partial charge is 0.287 e. The molecule has 0 amide bonds. The molecule has 2 aromatic heterocycles. The second-order valence-corrected chi connectivity index (χ2v) is 7.84. The van der Waals surface area contributed by atoms with Crippen LogP contribution in [0.15, 0.2) is 57.8 Å². The van der Waals surface area contributed by atoms with Crippen molar-refractivity contribution in [3.8, 4) is 0 Å². The highest BCUT2D eigenvalue weighted by Gasteiger charge is 2.19. The molecule has 0 radical (unpaired) electrons. The predicted octanol–water partition coefficient (Wildman–Crippen LogP) is 3.88. The Bertz CT molecular complexity index is 850. The Morgan fingerprint density at radius 2 is 1.17 bits per heavy atom. The van der Waals surface area contributed by atoms with E-state index < -0.39 is 0 Å². The molecule has 24 heavy (non-hydrogen) atoms. The summed E-state index contributed by atoms with van der Waals surface area (Å²) in [5, 5.41) is 0. The molecule has 2 heterocycles. The van der Waals surface area contributed by atoms with Crippen LogP contribution in [0.3, 0.4) is 0 Å². The maximum atomic E-state index is 12.1. The third-order valence-corrected chi connectivity index (χ3v) is 5.10. The number of carbonyl (C=O) groups is 2. The first-order chi connectivity index (χ1) is 11.5. The number of allylic oxidation sites excluding steroid dienone is 2. The van der Waals surface area contributed by atoms with Gasteiger partial charge in [-0.2, -0.15) is 0 Å². The van der Waals surface area contributed by atoms with Gasteiger partial charge in [0.25, 0.3) is 0 Å². The molecule has 0 fully saturated rings. The van der Waals surface area contributed by atoms with Gasteiger partial charge in [-0.3, -0.25) is 19.6 Å². The lowest BCUT2D eigenvalue weighted by Gasteiger charge is -2.05. The Kier molecular flexibility index (Phi) is 4.78. The molecule has 4 nitrogen and oxygen atoms in total. The Labute approximate surface area is 147 Å². The summed E-state index contributed by atoms with van der Waals surface area (Å²) < 4.78 is 0. The van der Waals surface area contributed by atoms with Crippen LogP contribution in [-0.4, -0.2) is 24.0 Å². The zero-order chi connectivity index (χ0) is 17.1. The SMILES string of the molecule is Cc1ccc(C=NC2=CC(=O)C(N=Cc3ccc(C)s3)=CC2=O)s1. The summed E-state index contributed by atoms with van der Waals surface area (Å²) in [4.78, 5) is 36.7. The van der Waals surface area contributed by atoms with Crippen molar-refractivity contribution in [1.82, 2.24) is 0 Å². The number of hydrogen-bond acceptors (Lipinski definition) is 6. The minimum atomic E-state index is -0.311. The van der Waals surface area contributed by atoms with E-state index in [1.807, 2.05) is 38.1 Å². The summed E-state index contributed by atoms with van der Waals surface area (Å²) in [6, 6.07) is 7.81. The Hall–Kier alpha value is -2.44. The average molecular weight is 354 g/mol. The van der Waals surface area contributed by atoms with Crippen molar-refractivity contribution in [2.45, 2.75) is 13.8 Å². The van der Waals surface area contributed by atoms with Crippen LogP contribution < -0.4 is 0 Å². The number of rotatable bonds is 4. The smallest absolute Gasteiger partial charge is 0.206 e. The van der Waals surface area contributed by atoms with Gasteiger partial charge in [0.05, 0.1) is 0 Å². The molecule has 2 aromatic rings. The van der Waals surface area contributed by atoms with Crippen molar-refractivity contribution in [1.29, 1.82) is 0 Å². The fraction of sp³-hybridized carbons (Fsp3) is 0.111. The third kappa shape index (κ3) is 3.90. The maximum absolute atomic E-state index is 12.1. The first-order valence-electron chi connectivity index (χ1n) is 7.24. The lowest BCUT2D eigenvalue weighted by Crippen LogP contribution is -2.11. The van der Waals surface area contributed by atoms with E-state index in [0.717, 1.165) is 19.5 Å². The minimum Gasteiger partial charge on any atom is -0.287 e. The molecule has 6 heteroatoms. The van der Waals surface area contributed by atoms with Crippen LogP contribution in [0.4, 0.5) is 0 Å². The topological polar surface area (TPSA) is 58.9 Å². The summed E-state index contributed by atoms with van der Waals surface area (Å²) >= 11 is 3.15. The normalized spacial score (nSPS) is 15.4. The second-order valence-electron chi connectivity index (χ2n) is 5.20. The van der Waals surface area contributed by atoms with Gasteiger partial charge in [0.2, 0.25) is 11.6 Å². The lowest BCUT2D eigenvalue weighted by molar-refractivity contribution is -0.115. The van der Waals surface area contributed by atoms with Gasteiger partial charge in [-0.05, 0) is 38.1 Å². The molecule has 0 saturated carbocycles. The van der Waals surface area contributed by atoms with Gasteiger partial charge in [0.15, 0.2) is 0 Å². The van der Waals surface area contributed by atoms with Crippen LogP contribution in [0.1, 0.15) is 19.5 Å². The molecule has 1 aliphatic rings. The fourth-order valence-electron chi connectivity index (χ4n) is 2.05. The quantitative estimate of drug-likeness (QED) is 0.618. The lowest BCUT2D eigenvalue weighted by atomic mass is 10.1. The van der Waals surface area contributed by atoms with Crippen molar-refractivity contribution in [3.63, 3.8) is 0 Å². The van der Waals surface area contributed by atoms with Gasteiger partial charge in [-0.25, -0.2) is 0 Å². The molecular weight excluding hydrogens is 340 g/mol. The van der Waals surface area contributed by atoms with Crippen LogP contribution in [0.25, 0.3) is 0 Å². The van der Waals surface area contributed by atoms with Gasteiger partial charge in [0, 0.05) is 44.1 Å². The minimum absolute atomic E-state index is 0.136. The van der Waals surface area contributed by atoms with Gasteiger partial charge >= 0.3 is 0 Å². The number of thiophene rings is 2. The molecule has 0 saturated heterocycles. The summed E-state index contributed by atoms with van der Waals surface area (Å²) in [6.07, 6.45) is 5.69. The van der Waals surface area contributed by atoms with E-state index in [2.05, 4.69) is 9.98 Å². The number of aliphatic imine (C=N–C) groups is 2. The highest BCUT2D eigenvalue weighted by molar-refractivity contribution is 7.13. The zero-order valence-corrected chi connectivity index (χ0v) is 14.8. The first kappa shape index (κ1) is 16.4. The molecule has 0 spiro atoms. The van der Waals surface area contributed by atoms with Crippen molar-refractivity contribution in [2.75, 3.05) is 0 Å². The number of ketones is 2. The standard InChI is InChI=1S/C18H14N2O2S2/c1-11-3-5-13(23-11)9-19-15-7-18(22)16(8-17(15)21)20-10-14-6-4-12(2)24-14/h3-10H,1-2H3.